The van der Waals surface area contributed by atoms with E-state index in [0.717, 1.165) is 61.8 Å². The number of anilines is 1. The summed E-state index contributed by atoms with van der Waals surface area (Å²) in [5.41, 5.74) is 4.58. The Bertz CT molecular complexity index is 1000. The Kier molecular flexibility index (Phi) is 7.64. The molecule has 0 spiro atoms. The van der Waals surface area contributed by atoms with Crippen LogP contribution in [0.2, 0.25) is 0 Å². The van der Waals surface area contributed by atoms with Crippen molar-refractivity contribution >= 4 is 16.5 Å². The van der Waals surface area contributed by atoms with Gasteiger partial charge in [0.05, 0.1) is 17.1 Å². The summed E-state index contributed by atoms with van der Waals surface area (Å²) in [5.74, 6) is 0.933. The normalized spacial score (nSPS) is 14.2. The number of fused-ring (bicyclic) bond motifs is 1. The number of likely N-dealkylation sites (tertiary alicyclic amines) is 1. The van der Waals surface area contributed by atoms with Gasteiger partial charge < -0.3 is 9.64 Å². The fraction of sp³-hybridized carbons (Fsp3) is 0.464. The Morgan fingerprint density at radius 1 is 0.906 bits per heavy atom. The Morgan fingerprint density at radius 3 is 2.22 bits per heavy atom. The predicted molar refractivity (Wildman–Crippen MR) is 136 cm³/mol. The molecule has 4 rings (SSSR count). The molecule has 0 saturated carbocycles. The highest BCUT2D eigenvalue weighted by Crippen LogP contribution is 2.36. The minimum atomic E-state index is 0.749. The number of rotatable bonds is 10. The van der Waals surface area contributed by atoms with Gasteiger partial charge in [-0.1, -0.05) is 38.1 Å². The van der Waals surface area contributed by atoms with Crippen molar-refractivity contribution in [2.75, 3.05) is 44.2 Å². The average molecular weight is 432 g/mol. The molecule has 2 aromatic carbocycles. The first kappa shape index (κ1) is 22.6. The molecular formula is C28H37N3O. The Morgan fingerprint density at radius 2 is 1.56 bits per heavy atom. The molecule has 0 aliphatic carbocycles. The minimum absolute atomic E-state index is 0.749. The van der Waals surface area contributed by atoms with Crippen molar-refractivity contribution in [3.63, 3.8) is 0 Å². The maximum atomic E-state index is 6.01. The van der Waals surface area contributed by atoms with Crippen LogP contribution in [0, 0.1) is 6.92 Å². The lowest BCUT2D eigenvalue weighted by Crippen LogP contribution is -2.26. The topological polar surface area (TPSA) is 28.6 Å². The van der Waals surface area contributed by atoms with Gasteiger partial charge in [0.25, 0.3) is 0 Å². The maximum absolute atomic E-state index is 6.01. The van der Waals surface area contributed by atoms with E-state index in [4.69, 9.17) is 9.72 Å². The summed E-state index contributed by atoms with van der Waals surface area (Å²) in [6, 6.07) is 17.2. The quantitative estimate of drug-likeness (QED) is 0.376. The fourth-order valence-electron chi connectivity index (χ4n) is 4.87. The van der Waals surface area contributed by atoms with Crippen molar-refractivity contribution < 1.29 is 4.74 Å². The van der Waals surface area contributed by atoms with Crippen LogP contribution in [0.1, 0.15) is 45.2 Å². The molecule has 0 amide bonds. The largest absolute Gasteiger partial charge is 0.492 e. The molecule has 0 N–H and O–H groups in total. The molecule has 3 aromatic rings. The molecule has 2 heterocycles. The summed E-state index contributed by atoms with van der Waals surface area (Å²) in [4.78, 5) is 10.1. The maximum Gasteiger partial charge on any atom is 0.119 e. The SMILES string of the molecule is CCCN(CCC)c1c(C)nc(-c2ccc(OCCN3CCCC3)cc2)c2ccccc12. The number of ether oxygens (including phenoxy) is 1. The van der Waals surface area contributed by atoms with E-state index in [1.807, 2.05) is 0 Å². The van der Waals surface area contributed by atoms with Crippen molar-refractivity contribution in [1.82, 2.24) is 9.88 Å². The van der Waals surface area contributed by atoms with Gasteiger partial charge in [0.15, 0.2) is 0 Å². The van der Waals surface area contributed by atoms with Crippen molar-refractivity contribution in [2.24, 2.45) is 0 Å². The van der Waals surface area contributed by atoms with E-state index in [-0.39, 0.29) is 0 Å². The molecule has 1 aliphatic heterocycles. The van der Waals surface area contributed by atoms with Crippen molar-refractivity contribution in [1.29, 1.82) is 0 Å². The highest BCUT2D eigenvalue weighted by Gasteiger charge is 2.17. The van der Waals surface area contributed by atoms with E-state index in [0.29, 0.717) is 0 Å². The first-order valence-corrected chi connectivity index (χ1v) is 12.3. The minimum Gasteiger partial charge on any atom is -0.492 e. The Labute approximate surface area is 193 Å². The van der Waals surface area contributed by atoms with Gasteiger partial charge >= 0.3 is 0 Å². The number of benzene rings is 2. The lowest BCUT2D eigenvalue weighted by atomic mass is 10.0. The highest BCUT2D eigenvalue weighted by molar-refractivity contribution is 6.02. The van der Waals surface area contributed by atoms with Crippen LogP contribution in [-0.4, -0.2) is 49.2 Å². The third kappa shape index (κ3) is 5.07. The average Bonchev–Trinajstić information content (AvgIpc) is 3.33. The van der Waals surface area contributed by atoms with Crippen LogP contribution in [0.5, 0.6) is 5.75 Å². The summed E-state index contributed by atoms with van der Waals surface area (Å²) in [7, 11) is 0. The summed E-state index contributed by atoms with van der Waals surface area (Å²) in [6.07, 6.45) is 4.91. The molecule has 170 valence electrons. The second-order valence-corrected chi connectivity index (χ2v) is 8.85. The molecule has 1 aliphatic rings. The molecule has 0 unspecified atom stereocenters. The van der Waals surface area contributed by atoms with Gasteiger partial charge in [0, 0.05) is 36.0 Å². The van der Waals surface area contributed by atoms with Gasteiger partial charge in [-0.15, -0.1) is 0 Å². The molecular weight excluding hydrogens is 394 g/mol. The summed E-state index contributed by atoms with van der Waals surface area (Å²) in [5, 5.41) is 2.51. The van der Waals surface area contributed by atoms with Crippen LogP contribution in [0.15, 0.2) is 48.5 Å². The molecule has 1 fully saturated rings. The van der Waals surface area contributed by atoms with Crippen LogP contribution in [0.25, 0.3) is 22.0 Å². The molecule has 0 radical (unpaired) electrons. The number of hydrogen-bond donors (Lipinski definition) is 0. The zero-order valence-corrected chi connectivity index (χ0v) is 19.9. The molecule has 1 aromatic heterocycles. The van der Waals surface area contributed by atoms with Crippen LogP contribution >= 0.6 is 0 Å². The summed E-state index contributed by atoms with van der Waals surface area (Å²) < 4.78 is 6.01. The second kappa shape index (κ2) is 10.8. The van der Waals surface area contributed by atoms with E-state index in [1.165, 1.54) is 42.4 Å². The van der Waals surface area contributed by atoms with E-state index in [9.17, 15) is 0 Å². The second-order valence-electron chi connectivity index (χ2n) is 8.85. The van der Waals surface area contributed by atoms with Crippen molar-refractivity contribution in [3.05, 3.63) is 54.2 Å². The monoisotopic (exact) mass is 431 g/mol. The number of hydrogen-bond acceptors (Lipinski definition) is 4. The Hall–Kier alpha value is -2.59. The molecule has 0 bridgehead atoms. The zero-order valence-electron chi connectivity index (χ0n) is 19.9. The van der Waals surface area contributed by atoms with Gasteiger partial charge in [-0.2, -0.15) is 0 Å². The standard InChI is InChI=1S/C28H37N3O/c1-4-16-31(17-5-2)28-22(3)29-27(25-10-6-7-11-26(25)28)23-12-14-24(15-13-23)32-21-20-30-18-8-9-19-30/h6-7,10-15H,4-5,8-9,16-21H2,1-3H3. The van der Waals surface area contributed by atoms with Crippen molar-refractivity contribution in [3.8, 4) is 17.0 Å². The van der Waals surface area contributed by atoms with Gasteiger partial charge in [-0.05, 0) is 70.0 Å². The van der Waals surface area contributed by atoms with E-state index in [2.05, 4.69) is 79.1 Å². The zero-order chi connectivity index (χ0) is 22.3. The van der Waals surface area contributed by atoms with Crippen LogP contribution < -0.4 is 9.64 Å². The van der Waals surface area contributed by atoms with E-state index >= 15 is 0 Å². The highest BCUT2D eigenvalue weighted by atomic mass is 16.5. The predicted octanol–water partition coefficient (Wildman–Crippen LogP) is 6.31. The smallest absolute Gasteiger partial charge is 0.119 e. The molecule has 1 saturated heterocycles. The first-order chi connectivity index (χ1) is 15.7. The number of nitrogens with zero attached hydrogens (tertiary/aromatic N) is 3. The Balaban J connectivity index is 1.59. The third-order valence-electron chi connectivity index (χ3n) is 6.37. The van der Waals surface area contributed by atoms with Gasteiger partial charge in [0.2, 0.25) is 0 Å². The lowest BCUT2D eigenvalue weighted by Gasteiger charge is -2.27. The molecule has 32 heavy (non-hydrogen) atoms. The fourth-order valence-corrected chi connectivity index (χ4v) is 4.87. The third-order valence-corrected chi connectivity index (χ3v) is 6.37. The van der Waals surface area contributed by atoms with Crippen LogP contribution in [-0.2, 0) is 0 Å². The number of aromatic nitrogens is 1. The van der Waals surface area contributed by atoms with Crippen LogP contribution in [0.4, 0.5) is 5.69 Å². The summed E-state index contributed by atoms with van der Waals surface area (Å²) in [6.45, 7) is 13.0. The van der Waals surface area contributed by atoms with Crippen LogP contribution in [0.3, 0.4) is 0 Å². The van der Waals surface area contributed by atoms with Gasteiger partial charge in [-0.3, -0.25) is 9.88 Å². The summed E-state index contributed by atoms with van der Waals surface area (Å²) >= 11 is 0. The molecule has 0 atom stereocenters. The van der Waals surface area contributed by atoms with E-state index < -0.39 is 0 Å². The van der Waals surface area contributed by atoms with E-state index in [1.54, 1.807) is 0 Å². The van der Waals surface area contributed by atoms with Crippen molar-refractivity contribution in [2.45, 2.75) is 46.5 Å². The lowest BCUT2D eigenvalue weighted by molar-refractivity contribution is 0.238. The van der Waals surface area contributed by atoms with Gasteiger partial charge in [0.1, 0.15) is 12.4 Å². The number of pyridine rings is 1. The molecule has 4 heteroatoms. The number of aryl methyl sites for hydroxylation is 1. The van der Waals surface area contributed by atoms with Gasteiger partial charge in [-0.25, -0.2) is 0 Å². The first-order valence-electron chi connectivity index (χ1n) is 12.3. The molecule has 4 nitrogen and oxygen atoms in total.